The lowest BCUT2D eigenvalue weighted by Gasteiger charge is -2.14. The second kappa shape index (κ2) is 5.61. The molecular formula is C6H15NO3. The van der Waals surface area contributed by atoms with Crippen LogP contribution in [0.1, 0.15) is 12.8 Å². The zero-order valence-electron chi connectivity index (χ0n) is 5.90. The maximum absolute atomic E-state index is 8.98. The van der Waals surface area contributed by atoms with Crippen molar-refractivity contribution in [3.8, 4) is 0 Å². The Morgan fingerprint density at radius 3 is 2.20 bits per heavy atom. The zero-order valence-corrected chi connectivity index (χ0v) is 5.90. The van der Waals surface area contributed by atoms with Gasteiger partial charge >= 0.3 is 0 Å². The summed E-state index contributed by atoms with van der Waals surface area (Å²) in [4.78, 5) is 0. The molecule has 0 saturated carbocycles. The molecule has 0 aliphatic carbocycles. The molecule has 4 nitrogen and oxygen atoms in total. The number of rotatable bonds is 5. The molecule has 0 spiro atoms. The third-order valence-corrected chi connectivity index (χ3v) is 1.34. The van der Waals surface area contributed by atoms with Crippen LogP contribution in [0.5, 0.6) is 0 Å². The van der Waals surface area contributed by atoms with Gasteiger partial charge in [0.1, 0.15) is 6.10 Å². The summed E-state index contributed by atoms with van der Waals surface area (Å²) in [6, 6.07) is 0. The Balaban J connectivity index is 3.31. The van der Waals surface area contributed by atoms with E-state index in [-0.39, 0.29) is 0 Å². The first kappa shape index (κ1) is 9.84. The maximum Gasteiger partial charge on any atom is 0.103 e. The molecule has 0 aromatic heterocycles. The van der Waals surface area contributed by atoms with E-state index in [0.29, 0.717) is 19.4 Å². The summed E-state index contributed by atoms with van der Waals surface area (Å²) in [7, 11) is 0. The highest BCUT2D eigenvalue weighted by molar-refractivity contribution is 4.65. The van der Waals surface area contributed by atoms with Crippen LogP contribution in [-0.4, -0.2) is 40.7 Å². The van der Waals surface area contributed by atoms with E-state index >= 15 is 0 Å². The Bertz CT molecular complexity index is 79.4. The predicted octanol–water partition coefficient (Wildman–Crippen LogP) is -1.56. The zero-order chi connectivity index (χ0) is 7.98. The van der Waals surface area contributed by atoms with Gasteiger partial charge in [0.15, 0.2) is 0 Å². The van der Waals surface area contributed by atoms with Gasteiger partial charge < -0.3 is 21.1 Å². The predicted molar refractivity (Wildman–Crippen MR) is 37.4 cm³/mol. The van der Waals surface area contributed by atoms with Gasteiger partial charge in [-0.2, -0.15) is 0 Å². The molecule has 0 radical (unpaired) electrons. The molecule has 4 heteroatoms. The van der Waals surface area contributed by atoms with Crippen LogP contribution in [0.3, 0.4) is 0 Å². The smallest absolute Gasteiger partial charge is 0.103 e. The van der Waals surface area contributed by atoms with E-state index < -0.39 is 18.8 Å². The van der Waals surface area contributed by atoms with Crippen LogP contribution in [0.2, 0.25) is 0 Å². The van der Waals surface area contributed by atoms with Gasteiger partial charge in [0, 0.05) is 0 Å². The molecule has 0 aromatic rings. The summed E-state index contributed by atoms with van der Waals surface area (Å²) in [5.74, 6) is 0. The van der Waals surface area contributed by atoms with Crippen molar-refractivity contribution in [1.82, 2.24) is 0 Å². The lowest BCUT2D eigenvalue weighted by molar-refractivity contribution is -0.0180. The molecule has 10 heavy (non-hydrogen) atoms. The molecule has 0 aromatic carbocycles. The van der Waals surface area contributed by atoms with Crippen molar-refractivity contribution in [2.45, 2.75) is 25.0 Å². The highest BCUT2D eigenvalue weighted by Crippen LogP contribution is 2.00. The number of nitrogens with two attached hydrogens (primary N) is 1. The summed E-state index contributed by atoms with van der Waals surface area (Å²) in [5.41, 5.74) is 5.16. The van der Waals surface area contributed by atoms with E-state index in [1.807, 2.05) is 0 Å². The third-order valence-electron chi connectivity index (χ3n) is 1.34. The summed E-state index contributed by atoms with van der Waals surface area (Å²) < 4.78 is 0. The second-order valence-electron chi connectivity index (χ2n) is 2.25. The fourth-order valence-corrected chi connectivity index (χ4v) is 0.641. The van der Waals surface area contributed by atoms with E-state index in [1.165, 1.54) is 0 Å². The van der Waals surface area contributed by atoms with E-state index in [2.05, 4.69) is 0 Å². The lowest BCUT2D eigenvalue weighted by atomic mass is 10.1. The van der Waals surface area contributed by atoms with Gasteiger partial charge in [-0.1, -0.05) is 0 Å². The normalized spacial score (nSPS) is 16.8. The van der Waals surface area contributed by atoms with E-state index in [9.17, 15) is 0 Å². The molecule has 62 valence electrons. The molecule has 0 aliphatic heterocycles. The fraction of sp³-hybridized carbons (Fsp3) is 1.00. The number of hydrogen-bond acceptors (Lipinski definition) is 4. The van der Waals surface area contributed by atoms with Crippen molar-refractivity contribution in [3.63, 3.8) is 0 Å². The number of hydrogen-bond donors (Lipinski definition) is 4. The Kier molecular flexibility index (Phi) is 5.52. The van der Waals surface area contributed by atoms with E-state index in [1.54, 1.807) is 0 Å². The van der Waals surface area contributed by atoms with Crippen LogP contribution < -0.4 is 5.73 Å². The Hall–Kier alpha value is -0.160. The first-order chi connectivity index (χ1) is 4.72. The van der Waals surface area contributed by atoms with Gasteiger partial charge in [0.05, 0.1) is 12.7 Å². The first-order valence-corrected chi connectivity index (χ1v) is 3.39. The minimum absolute atomic E-state index is 0.397. The Morgan fingerprint density at radius 1 is 1.20 bits per heavy atom. The third kappa shape index (κ3) is 3.79. The molecule has 5 N–H and O–H groups in total. The molecule has 0 aliphatic rings. The van der Waals surface area contributed by atoms with Crippen molar-refractivity contribution in [3.05, 3.63) is 0 Å². The maximum atomic E-state index is 8.98. The molecule has 0 unspecified atom stereocenters. The SMILES string of the molecule is NCCC[C@@H](O)[C@@H](O)CO. The van der Waals surface area contributed by atoms with Crippen LogP contribution in [-0.2, 0) is 0 Å². The summed E-state index contributed by atoms with van der Waals surface area (Å²) in [5, 5.41) is 26.2. The van der Waals surface area contributed by atoms with Crippen molar-refractivity contribution in [2.75, 3.05) is 13.2 Å². The van der Waals surface area contributed by atoms with Crippen LogP contribution in [0, 0.1) is 0 Å². The number of aliphatic hydroxyl groups excluding tert-OH is 3. The molecule has 0 rings (SSSR count). The van der Waals surface area contributed by atoms with Gasteiger partial charge in [0.25, 0.3) is 0 Å². The molecular weight excluding hydrogens is 134 g/mol. The molecule has 0 fully saturated rings. The topological polar surface area (TPSA) is 86.7 Å². The average Bonchev–Trinajstić information content (AvgIpc) is 1.98. The monoisotopic (exact) mass is 149 g/mol. The molecule has 2 atom stereocenters. The Morgan fingerprint density at radius 2 is 1.80 bits per heavy atom. The number of aliphatic hydroxyl groups is 3. The van der Waals surface area contributed by atoms with Crippen molar-refractivity contribution < 1.29 is 15.3 Å². The van der Waals surface area contributed by atoms with E-state index in [4.69, 9.17) is 21.1 Å². The van der Waals surface area contributed by atoms with Crippen molar-refractivity contribution >= 4 is 0 Å². The Labute approximate surface area is 60.3 Å². The quantitative estimate of drug-likeness (QED) is 0.381. The van der Waals surface area contributed by atoms with Crippen molar-refractivity contribution in [1.29, 1.82) is 0 Å². The van der Waals surface area contributed by atoms with Crippen molar-refractivity contribution in [2.24, 2.45) is 5.73 Å². The highest BCUT2D eigenvalue weighted by Gasteiger charge is 2.13. The van der Waals surface area contributed by atoms with Crippen LogP contribution in [0.4, 0.5) is 0 Å². The summed E-state index contributed by atoms with van der Waals surface area (Å²) in [6.07, 6.45) is -0.753. The van der Waals surface area contributed by atoms with Crippen LogP contribution in [0.25, 0.3) is 0 Å². The highest BCUT2D eigenvalue weighted by atomic mass is 16.4. The minimum Gasteiger partial charge on any atom is -0.394 e. The van der Waals surface area contributed by atoms with Crippen LogP contribution in [0.15, 0.2) is 0 Å². The van der Waals surface area contributed by atoms with Gasteiger partial charge in [-0.25, -0.2) is 0 Å². The molecule has 0 saturated heterocycles. The first-order valence-electron chi connectivity index (χ1n) is 3.39. The molecule has 0 heterocycles. The summed E-state index contributed by atoms with van der Waals surface area (Å²) in [6.45, 7) is 0.0982. The summed E-state index contributed by atoms with van der Waals surface area (Å²) >= 11 is 0. The standard InChI is InChI=1S/C6H15NO3/c7-3-1-2-5(9)6(10)4-8/h5-6,8-10H,1-4,7H2/t5-,6+/m1/s1. The lowest BCUT2D eigenvalue weighted by Crippen LogP contribution is -2.29. The minimum atomic E-state index is -1.02. The van der Waals surface area contributed by atoms with Gasteiger partial charge in [-0.15, -0.1) is 0 Å². The van der Waals surface area contributed by atoms with Crippen LogP contribution >= 0.6 is 0 Å². The van der Waals surface area contributed by atoms with Gasteiger partial charge in [0.2, 0.25) is 0 Å². The molecule has 0 amide bonds. The van der Waals surface area contributed by atoms with Gasteiger partial charge in [-0.3, -0.25) is 0 Å². The average molecular weight is 149 g/mol. The molecule has 0 bridgehead atoms. The fourth-order valence-electron chi connectivity index (χ4n) is 0.641. The largest absolute Gasteiger partial charge is 0.394 e. The van der Waals surface area contributed by atoms with E-state index in [0.717, 1.165) is 0 Å². The van der Waals surface area contributed by atoms with Gasteiger partial charge in [-0.05, 0) is 19.4 Å². The second-order valence-corrected chi connectivity index (χ2v) is 2.25.